The van der Waals surface area contributed by atoms with Crippen molar-refractivity contribution in [3.05, 3.63) is 0 Å². The van der Waals surface area contributed by atoms with Crippen LogP contribution < -0.4 is 0 Å². The monoisotopic (exact) mass is 140 g/mol. The Balaban J connectivity index is 3.53. The number of unbranched alkanes of at least 4 members (excludes halogenated alkanes) is 1. The van der Waals surface area contributed by atoms with Crippen LogP contribution in [0, 0.1) is 11.3 Å². The Kier molecular flexibility index (Phi) is 4.96. The maximum Gasteiger partial charge on any atom is 0.0972 e. The normalized spacial score (nSPS) is 13.1. The first-order valence-corrected chi connectivity index (χ1v) is 3.78. The van der Waals surface area contributed by atoms with E-state index in [9.17, 15) is 0 Å². The molecule has 10 heavy (non-hydrogen) atoms. The van der Waals surface area contributed by atoms with Crippen LogP contribution in [0.1, 0.15) is 26.2 Å². The molecule has 2 heteroatoms. The molecule has 0 amide bonds. The molecule has 0 radical (unpaired) electrons. The van der Waals surface area contributed by atoms with Crippen LogP contribution in [0.2, 0.25) is 0 Å². The lowest BCUT2D eigenvalue weighted by Gasteiger charge is -2.15. The van der Waals surface area contributed by atoms with Gasteiger partial charge in [0, 0.05) is 0 Å². The molecular weight excluding hydrogens is 124 g/mol. The van der Waals surface area contributed by atoms with Crippen LogP contribution >= 0.6 is 0 Å². The molecule has 0 N–H and O–H groups in total. The third-order valence-corrected chi connectivity index (χ3v) is 1.60. The first-order valence-electron chi connectivity index (χ1n) is 3.78. The third-order valence-electron chi connectivity index (χ3n) is 1.60. The molecule has 2 nitrogen and oxygen atoms in total. The largest absolute Gasteiger partial charge is 0.294 e. The number of hydrogen-bond donors (Lipinski definition) is 0. The summed E-state index contributed by atoms with van der Waals surface area (Å²) < 4.78 is 0. The van der Waals surface area contributed by atoms with Gasteiger partial charge in [-0.25, -0.2) is 0 Å². The number of nitrogens with zero attached hydrogens (tertiary/aromatic N) is 2. The molecule has 0 aliphatic carbocycles. The highest BCUT2D eigenvalue weighted by molar-refractivity contribution is 4.88. The molecule has 0 aromatic rings. The Bertz CT molecular complexity index is 113. The van der Waals surface area contributed by atoms with Crippen LogP contribution in [-0.2, 0) is 0 Å². The van der Waals surface area contributed by atoms with E-state index in [0.717, 1.165) is 12.8 Å². The van der Waals surface area contributed by atoms with Crippen molar-refractivity contribution in [1.29, 1.82) is 5.26 Å². The van der Waals surface area contributed by atoms with E-state index >= 15 is 0 Å². The Labute approximate surface area is 63.4 Å². The van der Waals surface area contributed by atoms with Crippen LogP contribution in [0.4, 0.5) is 0 Å². The van der Waals surface area contributed by atoms with Crippen LogP contribution in [0.15, 0.2) is 0 Å². The van der Waals surface area contributed by atoms with Crippen molar-refractivity contribution in [2.75, 3.05) is 14.1 Å². The van der Waals surface area contributed by atoms with Gasteiger partial charge >= 0.3 is 0 Å². The molecule has 0 aliphatic heterocycles. The average molecular weight is 140 g/mol. The Morgan fingerprint density at radius 2 is 2.10 bits per heavy atom. The third kappa shape index (κ3) is 3.47. The fourth-order valence-corrected chi connectivity index (χ4v) is 0.836. The van der Waals surface area contributed by atoms with E-state index in [2.05, 4.69) is 13.0 Å². The first-order chi connectivity index (χ1) is 4.72. The lowest BCUT2D eigenvalue weighted by molar-refractivity contribution is 0.329. The Hall–Kier alpha value is -0.550. The quantitative estimate of drug-likeness (QED) is 0.593. The predicted molar refractivity (Wildman–Crippen MR) is 42.6 cm³/mol. The van der Waals surface area contributed by atoms with Gasteiger partial charge in [-0.15, -0.1) is 0 Å². The van der Waals surface area contributed by atoms with Gasteiger partial charge in [0.1, 0.15) is 0 Å². The molecule has 0 aliphatic rings. The maximum atomic E-state index is 8.63. The lowest BCUT2D eigenvalue weighted by atomic mass is 10.1. The van der Waals surface area contributed by atoms with Crippen molar-refractivity contribution < 1.29 is 0 Å². The SMILES string of the molecule is CCCCC(C#N)N(C)C. The van der Waals surface area contributed by atoms with Gasteiger partial charge in [-0.1, -0.05) is 19.8 Å². The second kappa shape index (κ2) is 5.25. The van der Waals surface area contributed by atoms with Gasteiger partial charge < -0.3 is 0 Å². The molecular formula is C8H16N2. The Morgan fingerprint density at radius 1 is 1.50 bits per heavy atom. The molecule has 0 saturated heterocycles. The average Bonchev–Trinajstić information content (AvgIpc) is 1.89. The summed E-state index contributed by atoms with van der Waals surface area (Å²) in [7, 11) is 3.90. The summed E-state index contributed by atoms with van der Waals surface area (Å²) in [5.74, 6) is 0. The van der Waals surface area contributed by atoms with Crippen molar-refractivity contribution in [3.8, 4) is 6.07 Å². The summed E-state index contributed by atoms with van der Waals surface area (Å²) in [6, 6.07) is 2.37. The van der Waals surface area contributed by atoms with Gasteiger partial charge in [-0.05, 0) is 20.5 Å². The number of rotatable bonds is 4. The van der Waals surface area contributed by atoms with E-state index in [4.69, 9.17) is 5.26 Å². The highest BCUT2D eigenvalue weighted by atomic mass is 15.1. The zero-order chi connectivity index (χ0) is 7.98. The minimum atomic E-state index is 0.111. The molecule has 0 bridgehead atoms. The van der Waals surface area contributed by atoms with Crippen molar-refractivity contribution in [3.63, 3.8) is 0 Å². The number of hydrogen-bond acceptors (Lipinski definition) is 2. The molecule has 0 fully saturated rings. The molecule has 0 heterocycles. The molecule has 0 saturated carbocycles. The minimum absolute atomic E-state index is 0.111. The molecule has 0 aromatic carbocycles. The van der Waals surface area contributed by atoms with Crippen molar-refractivity contribution >= 4 is 0 Å². The van der Waals surface area contributed by atoms with Gasteiger partial charge in [0.25, 0.3) is 0 Å². The second-order valence-electron chi connectivity index (χ2n) is 2.75. The van der Waals surface area contributed by atoms with Crippen molar-refractivity contribution in [2.45, 2.75) is 32.2 Å². The fraction of sp³-hybridized carbons (Fsp3) is 0.875. The van der Waals surface area contributed by atoms with E-state index in [1.807, 2.05) is 19.0 Å². The van der Waals surface area contributed by atoms with E-state index in [-0.39, 0.29) is 6.04 Å². The van der Waals surface area contributed by atoms with Crippen molar-refractivity contribution in [1.82, 2.24) is 4.90 Å². The van der Waals surface area contributed by atoms with E-state index in [1.165, 1.54) is 6.42 Å². The summed E-state index contributed by atoms with van der Waals surface area (Å²) in [6.45, 7) is 2.14. The van der Waals surface area contributed by atoms with Crippen LogP contribution in [0.25, 0.3) is 0 Å². The second-order valence-corrected chi connectivity index (χ2v) is 2.75. The van der Waals surface area contributed by atoms with E-state index in [0.29, 0.717) is 0 Å². The zero-order valence-electron chi connectivity index (χ0n) is 7.09. The van der Waals surface area contributed by atoms with E-state index < -0.39 is 0 Å². The summed E-state index contributed by atoms with van der Waals surface area (Å²) in [6.07, 6.45) is 3.32. The standard InChI is InChI=1S/C8H16N2/c1-4-5-6-8(7-9)10(2)3/h8H,4-6H2,1-3H3. The highest BCUT2D eigenvalue weighted by Gasteiger charge is 2.07. The summed E-state index contributed by atoms with van der Waals surface area (Å²) in [5, 5.41) is 8.63. The minimum Gasteiger partial charge on any atom is -0.294 e. The molecule has 0 aromatic heterocycles. The molecule has 1 atom stereocenters. The summed E-state index contributed by atoms with van der Waals surface area (Å²) >= 11 is 0. The van der Waals surface area contributed by atoms with Gasteiger partial charge in [0.2, 0.25) is 0 Å². The zero-order valence-corrected chi connectivity index (χ0v) is 7.09. The van der Waals surface area contributed by atoms with Crippen LogP contribution in [0.3, 0.4) is 0 Å². The van der Waals surface area contributed by atoms with Crippen molar-refractivity contribution in [2.24, 2.45) is 0 Å². The van der Waals surface area contributed by atoms with Crippen LogP contribution in [-0.4, -0.2) is 25.0 Å². The van der Waals surface area contributed by atoms with Crippen LogP contribution in [0.5, 0.6) is 0 Å². The number of nitriles is 1. The first kappa shape index (κ1) is 9.45. The molecule has 0 spiro atoms. The van der Waals surface area contributed by atoms with Gasteiger partial charge in [0.15, 0.2) is 0 Å². The molecule has 58 valence electrons. The maximum absolute atomic E-state index is 8.63. The predicted octanol–water partition coefficient (Wildman–Crippen LogP) is 1.63. The lowest BCUT2D eigenvalue weighted by Crippen LogP contribution is -2.25. The topological polar surface area (TPSA) is 27.0 Å². The summed E-state index contributed by atoms with van der Waals surface area (Å²) in [5.41, 5.74) is 0. The van der Waals surface area contributed by atoms with Gasteiger partial charge in [0.05, 0.1) is 12.1 Å². The highest BCUT2D eigenvalue weighted by Crippen LogP contribution is 2.03. The fourth-order valence-electron chi connectivity index (χ4n) is 0.836. The smallest absolute Gasteiger partial charge is 0.0972 e. The molecule has 1 unspecified atom stereocenters. The van der Waals surface area contributed by atoms with Gasteiger partial charge in [-0.3, -0.25) is 4.90 Å². The van der Waals surface area contributed by atoms with E-state index in [1.54, 1.807) is 0 Å². The molecule has 0 rings (SSSR count). The summed E-state index contributed by atoms with van der Waals surface area (Å²) in [4.78, 5) is 1.97. The van der Waals surface area contributed by atoms with Gasteiger partial charge in [-0.2, -0.15) is 5.26 Å². The Morgan fingerprint density at radius 3 is 2.40 bits per heavy atom.